The summed E-state index contributed by atoms with van der Waals surface area (Å²) in [6, 6.07) is 15.9. The molecule has 1 heterocycles. The van der Waals surface area contributed by atoms with Crippen LogP contribution in [0.15, 0.2) is 66.1 Å². The lowest BCUT2D eigenvalue weighted by Crippen LogP contribution is -2.27. The third-order valence-corrected chi connectivity index (χ3v) is 5.37. The maximum absolute atomic E-state index is 12.4. The average Bonchev–Trinajstić information content (AvgIpc) is 2.89. The van der Waals surface area contributed by atoms with Crippen molar-refractivity contribution in [2.75, 3.05) is 6.54 Å². The van der Waals surface area contributed by atoms with E-state index in [-0.39, 0.29) is 5.91 Å². The second-order valence-corrected chi connectivity index (χ2v) is 7.54. The molecule has 5 heteroatoms. The van der Waals surface area contributed by atoms with Crippen LogP contribution in [0, 0.1) is 6.92 Å². The molecule has 3 rings (SSSR count). The summed E-state index contributed by atoms with van der Waals surface area (Å²) in [5.74, 6) is 0.690. The fraction of sp³-hybridized carbons (Fsp3) is 0.143. The van der Waals surface area contributed by atoms with Crippen molar-refractivity contribution < 1.29 is 9.53 Å². The number of thioether (sulfide) groups is 1. The molecule has 3 nitrogen and oxygen atoms in total. The van der Waals surface area contributed by atoms with Crippen molar-refractivity contribution in [3.63, 3.8) is 0 Å². The summed E-state index contributed by atoms with van der Waals surface area (Å²) in [4.78, 5) is 14.6. The zero-order chi connectivity index (χ0) is 18.5. The number of amides is 1. The molecule has 0 bridgehead atoms. The minimum atomic E-state index is -0.0777. The molecule has 1 fully saturated rings. The first kappa shape index (κ1) is 18.4. The van der Waals surface area contributed by atoms with Crippen LogP contribution in [-0.4, -0.2) is 21.7 Å². The molecule has 0 spiro atoms. The Kier molecular flexibility index (Phi) is 5.91. The summed E-state index contributed by atoms with van der Waals surface area (Å²) in [5, 5.41) is 0. The number of ether oxygens (including phenoxy) is 1. The lowest BCUT2D eigenvalue weighted by atomic mass is 10.1. The number of hydrogen-bond donors (Lipinski definition) is 0. The molecule has 1 amide bonds. The van der Waals surface area contributed by atoms with Gasteiger partial charge in [0.2, 0.25) is 0 Å². The Morgan fingerprint density at radius 1 is 1.23 bits per heavy atom. The molecule has 26 heavy (non-hydrogen) atoms. The summed E-state index contributed by atoms with van der Waals surface area (Å²) >= 11 is 6.58. The molecule has 1 saturated heterocycles. The van der Waals surface area contributed by atoms with E-state index in [1.807, 2.05) is 42.5 Å². The van der Waals surface area contributed by atoms with Gasteiger partial charge in [-0.1, -0.05) is 66.5 Å². The summed E-state index contributed by atoms with van der Waals surface area (Å²) in [5.41, 5.74) is 3.27. The van der Waals surface area contributed by atoms with Crippen molar-refractivity contribution in [2.45, 2.75) is 13.5 Å². The number of carbonyl (C=O) groups is 1. The minimum absolute atomic E-state index is 0.0777. The van der Waals surface area contributed by atoms with E-state index < -0.39 is 0 Å². The van der Waals surface area contributed by atoms with Gasteiger partial charge in [0.1, 0.15) is 16.7 Å². The van der Waals surface area contributed by atoms with Gasteiger partial charge < -0.3 is 4.74 Å². The highest BCUT2D eigenvalue weighted by Gasteiger charge is 2.30. The average molecular weight is 382 g/mol. The Bertz CT molecular complexity index is 889. The number of hydrogen-bond acceptors (Lipinski definition) is 4. The Morgan fingerprint density at radius 2 is 2.04 bits per heavy atom. The highest BCUT2D eigenvalue weighted by Crippen LogP contribution is 2.32. The summed E-state index contributed by atoms with van der Waals surface area (Å²) in [7, 11) is 0. The second kappa shape index (κ2) is 8.34. The Morgan fingerprint density at radius 3 is 2.81 bits per heavy atom. The van der Waals surface area contributed by atoms with Gasteiger partial charge in [-0.05, 0) is 41.8 Å². The predicted molar refractivity (Wildman–Crippen MR) is 112 cm³/mol. The molecule has 0 unspecified atom stereocenters. The van der Waals surface area contributed by atoms with Crippen LogP contribution in [-0.2, 0) is 11.4 Å². The van der Waals surface area contributed by atoms with E-state index in [1.54, 1.807) is 11.0 Å². The van der Waals surface area contributed by atoms with E-state index in [4.69, 9.17) is 17.0 Å². The van der Waals surface area contributed by atoms with Crippen LogP contribution in [0.4, 0.5) is 0 Å². The fourth-order valence-electron chi connectivity index (χ4n) is 2.57. The van der Waals surface area contributed by atoms with Crippen LogP contribution < -0.4 is 4.74 Å². The lowest BCUT2D eigenvalue weighted by molar-refractivity contribution is -0.121. The van der Waals surface area contributed by atoms with Gasteiger partial charge in [0.15, 0.2) is 0 Å². The van der Waals surface area contributed by atoms with E-state index in [2.05, 4.69) is 25.6 Å². The lowest BCUT2D eigenvalue weighted by Gasteiger charge is -2.10. The predicted octanol–water partition coefficient (Wildman–Crippen LogP) is 4.96. The van der Waals surface area contributed by atoms with Crippen LogP contribution in [0.1, 0.15) is 16.7 Å². The zero-order valence-corrected chi connectivity index (χ0v) is 16.1. The van der Waals surface area contributed by atoms with Crippen LogP contribution in [0.3, 0.4) is 0 Å². The van der Waals surface area contributed by atoms with Crippen LogP contribution in [0.25, 0.3) is 6.08 Å². The number of benzene rings is 2. The fourth-order valence-corrected chi connectivity index (χ4v) is 3.84. The highest BCUT2D eigenvalue weighted by molar-refractivity contribution is 8.26. The Balaban J connectivity index is 1.73. The number of rotatable bonds is 6. The summed E-state index contributed by atoms with van der Waals surface area (Å²) in [6.07, 6.45) is 3.52. The van der Waals surface area contributed by atoms with E-state index >= 15 is 0 Å². The summed E-state index contributed by atoms with van der Waals surface area (Å²) in [6.45, 7) is 6.68. The van der Waals surface area contributed by atoms with E-state index in [9.17, 15) is 4.79 Å². The number of aryl methyl sites for hydroxylation is 1. The standard InChI is InChI=1S/C21H19NO2S2/c1-3-11-22-20(23)19(26-21(22)25)13-16-8-6-10-18(12-16)24-14-17-9-5-4-7-15(17)2/h3-10,12-13H,1,11,14H2,2H3. The molecule has 0 radical (unpaired) electrons. The molecule has 0 N–H and O–H groups in total. The van der Waals surface area contributed by atoms with E-state index in [0.29, 0.717) is 22.4 Å². The van der Waals surface area contributed by atoms with Crippen molar-refractivity contribution in [3.8, 4) is 5.75 Å². The maximum Gasteiger partial charge on any atom is 0.266 e. The third-order valence-electron chi connectivity index (χ3n) is 4.00. The first-order chi connectivity index (χ1) is 12.6. The van der Waals surface area contributed by atoms with Gasteiger partial charge >= 0.3 is 0 Å². The molecule has 2 aromatic rings. The first-order valence-corrected chi connectivity index (χ1v) is 9.44. The van der Waals surface area contributed by atoms with Gasteiger partial charge in [0.05, 0.1) is 4.91 Å². The first-order valence-electron chi connectivity index (χ1n) is 8.22. The van der Waals surface area contributed by atoms with Crippen LogP contribution >= 0.6 is 24.0 Å². The summed E-state index contributed by atoms with van der Waals surface area (Å²) < 4.78 is 6.48. The highest BCUT2D eigenvalue weighted by atomic mass is 32.2. The van der Waals surface area contributed by atoms with Gasteiger partial charge in [-0.15, -0.1) is 6.58 Å². The molecule has 0 aromatic heterocycles. The molecule has 132 valence electrons. The number of carbonyl (C=O) groups excluding carboxylic acids is 1. The van der Waals surface area contributed by atoms with Gasteiger partial charge in [0.25, 0.3) is 5.91 Å². The van der Waals surface area contributed by atoms with Gasteiger partial charge in [-0.2, -0.15) is 0 Å². The van der Waals surface area contributed by atoms with Gasteiger partial charge in [-0.3, -0.25) is 9.69 Å². The SMILES string of the molecule is C=CCN1C(=O)C(=Cc2cccc(OCc3ccccc3C)c2)SC1=S. The minimum Gasteiger partial charge on any atom is -0.489 e. The quantitative estimate of drug-likeness (QED) is 0.402. The molecule has 0 saturated carbocycles. The van der Waals surface area contributed by atoms with Crippen molar-refractivity contribution in [1.29, 1.82) is 0 Å². The normalized spacial score (nSPS) is 15.6. The van der Waals surface area contributed by atoms with Crippen LogP contribution in [0.2, 0.25) is 0 Å². The van der Waals surface area contributed by atoms with Gasteiger partial charge in [-0.25, -0.2) is 0 Å². The smallest absolute Gasteiger partial charge is 0.266 e. The van der Waals surface area contributed by atoms with Crippen molar-refractivity contribution >= 4 is 40.3 Å². The molecule has 0 atom stereocenters. The maximum atomic E-state index is 12.4. The van der Waals surface area contributed by atoms with Crippen molar-refractivity contribution in [3.05, 3.63) is 82.8 Å². The topological polar surface area (TPSA) is 29.5 Å². The molecule has 0 aliphatic carbocycles. The Hall–Kier alpha value is -2.37. The monoisotopic (exact) mass is 381 g/mol. The van der Waals surface area contributed by atoms with Crippen molar-refractivity contribution in [2.24, 2.45) is 0 Å². The number of nitrogens with zero attached hydrogens (tertiary/aromatic N) is 1. The molecule has 2 aromatic carbocycles. The molecular weight excluding hydrogens is 362 g/mol. The van der Waals surface area contributed by atoms with E-state index in [0.717, 1.165) is 16.9 Å². The van der Waals surface area contributed by atoms with E-state index in [1.165, 1.54) is 17.3 Å². The molecule has 1 aliphatic rings. The molecule has 1 aliphatic heterocycles. The number of thiocarbonyl (C=S) groups is 1. The van der Waals surface area contributed by atoms with Crippen LogP contribution in [0.5, 0.6) is 5.75 Å². The largest absolute Gasteiger partial charge is 0.489 e. The zero-order valence-electron chi connectivity index (χ0n) is 14.5. The molecular formula is C21H19NO2S2. The second-order valence-electron chi connectivity index (χ2n) is 5.87. The van der Waals surface area contributed by atoms with Gasteiger partial charge in [0, 0.05) is 6.54 Å². The third kappa shape index (κ3) is 4.23. The van der Waals surface area contributed by atoms with Crippen molar-refractivity contribution in [1.82, 2.24) is 4.90 Å². The Labute approximate surface area is 163 Å².